The van der Waals surface area contributed by atoms with Crippen LogP contribution in [0.5, 0.6) is 0 Å². The Hall–Kier alpha value is -0.510. The Labute approximate surface area is 59.2 Å². The van der Waals surface area contributed by atoms with E-state index in [0.29, 0.717) is 6.54 Å². The zero-order valence-electron chi connectivity index (χ0n) is 5.16. The lowest BCUT2D eigenvalue weighted by atomic mass is 10.6. The van der Waals surface area contributed by atoms with Gasteiger partial charge in [0.05, 0.1) is 6.54 Å². The van der Waals surface area contributed by atoms with E-state index in [0.717, 1.165) is 12.4 Å². The maximum Gasteiger partial charge on any atom is 0.283 e. The van der Waals surface area contributed by atoms with Crippen LogP contribution in [0.25, 0.3) is 0 Å². The molecule has 0 aliphatic carbocycles. The molecule has 0 atom stereocenters. The molecule has 1 aliphatic heterocycles. The van der Waals surface area contributed by atoms with Gasteiger partial charge in [-0.2, -0.15) is 0 Å². The largest absolute Gasteiger partial charge is 0.290 e. The Balaban J connectivity index is 2.63. The molecule has 3 nitrogen and oxygen atoms in total. The Morgan fingerprint density at radius 1 is 1.89 bits per heavy atom. The molecule has 0 aromatic carbocycles. The third-order valence-corrected chi connectivity index (χ3v) is 1.53. The second-order valence-corrected chi connectivity index (χ2v) is 2.25. The minimum Gasteiger partial charge on any atom is -0.290 e. The summed E-state index contributed by atoms with van der Waals surface area (Å²) in [5.74, 6) is 0.773. The molecule has 0 unspecified atom stereocenters. The van der Waals surface area contributed by atoms with Crippen molar-refractivity contribution in [2.45, 2.75) is 6.92 Å². The van der Waals surface area contributed by atoms with Crippen molar-refractivity contribution in [3.8, 4) is 0 Å². The fourth-order valence-corrected chi connectivity index (χ4v) is 1.04. The van der Waals surface area contributed by atoms with Gasteiger partial charge in [-0.3, -0.25) is 14.7 Å². The van der Waals surface area contributed by atoms with Gasteiger partial charge in [0.1, 0.15) is 5.84 Å². The van der Waals surface area contributed by atoms with E-state index in [1.165, 1.54) is 0 Å². The molecular weight excluding hydrogens is 136 g/mol. The van der Waals surface area contributed by atoms with Crippen LogP contribution in [-0.4, -0.2) is 29.1 Å². The topological polar surface area (TPSA) is 32.7 Å². The molecule has 1 amide bonds. The summed E-state index contributed by atoms with van der Waals surface area (Å²) in [6.07, 6.45) is 0. The predicted octanol–water partition coefficient (Wildman–Crippen LogP) is 0.770. The standard InChI is InChI=1S/C5H8N2OS/c1-4-6-2-3-7(4)5(8)9/h2-3H2,1H3,(H,8,9). The molecule has 0 spiro atoms. The zero-order chi connectivity index (χ0) is 6.85. The summed E-state index contributed by atoms with van der Waals surface area (Å²) >= 11 is 3.66. The molecule has 0 bridgehead atoms. The molecule has 1 aliphatic rings. The van der Waals surface area contributed by atoms with Gasteiger partial charge in [0.25, 0.3) is 5.24 Å². The number of amidine groups is 1. The van der Waals surface area contributed by atoms with Gasteiger partial charge >= 0.3 is 0 Å². The monoisotopic (exact) mass is 144 g/mol. The fraction of sp³-hybridized carbons (Fsp3) is 0.600. The van der Waals surface area contributed by atoms with Gasteiger partial charge in [0, 0.05) is 6.54 Å². The van der Waals surface area contributed by atoms with Crippen molar-refractivity contribution in [2.75, 3.05) is 13.1 Å². The number of rotatable bonds is 0. The lowest BCUT2D eigenvalue weighted by molar-refractivity contribution is 0.246. The van der Waals surface area contributed by atoms with E-state index in [1.54, 1.807) is 11.8 Å². The maximum absolute atomic E-state index is 10.6. The highest BCUT2D eigenvalue weighted by Crippen LogP contribution is 2.03. The van der Waals surface area contributed by atoms with Gasteiger partial charge < -0.3 is 0 Å². The molecule has 0 saturated carbocycles. The average molecular weight is 144 g/mol. The quantitative estimate of drug-likeness (QED) is 0.500. The maximum atomic E-state index is 10.6. The van der Waals surface area contributed by atoms with Crippen LogP contribution in [0.15, 0.2) is 4.99 Å². The number of hydrogen-bond acceptors (Lipinski definition) is 2. The van der Waals surface area contributed by atoms with Crippen LogP contribution in [0, 0.1) is 0 Å². The van der Waals surface area contributed by atoms with E-state index in [1.807, 2.05) is 0 Å². The molecule has 0 fully saturated rings. The van der Waals surface area contributed by atoms with Crippen molar-refractivity contribution < 1.29 is 4.79 Å². The van der Waals surface area contributed by atoms with Crippen LogP contribution in [0.4, 0.5) is 4.79 Å². The van der Waals surface area contributed by atoms with Crippen molar-refractivity contribution in [1.29, 1.82) is 0 Å². The van der Waals surface area contributed by atoms with Gasteiger partial charge in [-0.25, -0.2) is 0 Å². The Morgan fingerprint density at radius 2 is 2.56 bits per heavy atom. The van der Waals surface area contributed by atoms with E-state index < -0.39 is 0 Å². The van der Waals surface area contributed by atoms with Gasteiger partial charge in [-0.05, 0) is 6.92 Å². The van der Waals surface area contributed by atoms with E-state index in [2.05, 4.69) is 17.6 Å². The highest BCUT2D eigenvalue weighted by atomic mass is 32.1. The Kier molecular flexibility index (Phi) is 1.75. The zero-order valence-corrected chi connectivity index (χ0v) is 6.06. The second-order valence-electron chi connectivity index (χ2n) is 1.86. The number of nitrogens with zero attached hydrogens (tertiary/aromatic N) is 2. The summed E-state index contributed by atoms with van der Waals surface area (Å²) in [6.45, 7) is 3.22. The minimum absolute atomic E-state index is 0.214. The molecule has 1 rings (SSSR count). The first-order valence-corrected chi connectivity index (χ1v) is 3.18. The number of amides is 1. The van der Waals surface area contributed by atoms with Crippen molar-refractivity contribution in [3.05, 3.63) is 0 Å². The fourth-order valence-electron chi connectivity index (χ4n) is 0.793. The lowest BCUT2D eigenvalue weighted by Gasteiger charge is -2.10. The Morgan fingerprint density at radius 3 is 2.78 bits per heavy atom. The van der Waals surface area contributed by atoms with E-state index in [9.17, 15) is 4.79 Å². The first kappa shape index (κ1) is 6.61. The number of carbonyl (C=O) groups excluding carboxylic acids is 1. The van der Waals surface area contributed by atoms with Crippen LogP contribution in [0.2, 0.25) is 0 Å². The van der Waals surface area contributed by atoms with Crippen molar-refractivity contribution >= 4 is 23.7 Å². The van der Waals surface area contributed by atoms with Crippen LogP contribution < -0.4 is 0 Å². The Bertz CT molecular complexity index is 166. The van der Waals surface area contributed by atoms with Crippen LogP contribution in [-0.2, 0) is 0 Å². The van der Waals surface area contributed by atoms with E-state index in [4.69, 9.17) is 0 Å². The molecule has 9 heavy (non-hydrogen) atoms. The average Bonchev–Trinajstić information content (AvgIpc) is 2.13. The van der Waals surface area contributed by atoms with E-state index >= 15 is 0 Å². The molecule has 0 aromatic heterocycles. The van der Waals surface area contributed by atoms with Crippen molar-refractivity contribution in [2.24, 2.45) is 4.99 Å². The molecule has 50 valence electrons. The van der Waals surface area contributed by atoms with Gasteiger partial charge in [-0.1, -0.05) is 12.6 Å². The smallest absolute Gasteiger partial charge is 0.283 e. The van der Waals surface area contributed by atoms with Crippen molar-refractivity contribution in [1.82, 2.24) is 4.90 Å². The summed E-state index contributed by atoms with van der Waals surface area (Å²) in [4.78, 5) is 16.1. The second kappa shape index (κ2) is 2.39. The minimum atomic E-state index is -0.214. The molecular formula is C5H8N2OS. The first-order chi connectivity index (χ1) is 4.22. The SMILES string of the molecule is CC1=NCCN1C(=O)S. The van der Waals surface area contributed by atoms with Gasteiger partial charge in [0.15, 0.2) is 0 Å². The van der Waals surface area contributed by atoms with Crippen molar-refractivity contribution in [3.63, 3.8) is 0 Å². The summed E-state index contributed by atoms with van der Waals surface area (Å²) in [5.41, 5.74) is 0. The number of thiol groups is 1. The third kappa shape index (κ3) is 1.24. The van der Waals surface area contributed by atoms with E-state index in [-0.39, 0.29) is 5.24 Å². The lowest BCUT2D eigenvalue weighted by Crippen LogP contribution is -2.27. The molecule has 0 saturated heterocycles. The van der Waals surface area contributed by atoms with Crippen LogP contribution >= 0.6 is 12.6 Å². The van der Waals surface area contributed by atoms with Gasteiger partial charge in [0.2, 0.25) is 0 Å². The molecule has 1 heterocycles. The summed E-state index contributed by atoms with van der Waals surface area (Å²) in [7, 11) is 0. The highest BCUT2D eigenvalue weighted by Gasteiger charge is 2.16. The number of hydrogen-bond donors (Lipinski definition) is 1. The van der Waals surface area contributed by atoms with Crippen LogP contribution in [0.3, 0.4) is 0 Å². The molecule has 0 N–H and O–H groups in total. The normalized spacial score (nSPS) is 18.0. The van der Waals surface area contributed by atoms with Crippen LogP contribution in [0.1, 0.15) is 6.92 Å². The predicted molar refractivity (Wildman–Crippen MR) is 39.1 cm³/mol. The van der Waals surface area contributed by atoms with Gasteiger partial charge in [-0.15, -0.1) is 0 Å². The molecule has 0 aromatic rings. The molecule has 0 radical (unpaired) electrons. The third-order valence-electron chi connectivity index (χ3n) is 1.29. The highest BCUT2D eigenvalue weighted by molar-refractivity contribution is 7.96. The first-order valence-electron chi connectivity index (χ1n) is 2.73. The summed E-state index contributed by atoms with van der Waals surface area (Å²) < 4.78 is 0. The summed E-state index contributed by atoms with van der Waals surface area (Å²) in [5, 5.41) is -0.214. The molecule has 4 heteroatoms. The number of carbonyl (C=O) groups is 1. The number of aliphatic imine (C=N–C) groups is 1. The summed E-state index contributed by atoms with van der Waals surface area (Å²) in [6, 6.07) is 0.